The molecule has 0 bridgehead atoms. The van der Waals surface area contributed by atoms with Crippen LogP contribution < -0.4 is 5.73 Å². The lowest BCUT2D eigenvalue weighted by atomic mass is 10.0. The number of fused-ring (bicyclic) bond motifs is 1. The quantitative estimate of drug-likeness (QED) is 0.602. The molecule has 0 radical (unpaired) electrons. The molecule has 7 heteroatoms. The monoisotopic (exact) mass is 339 g/mol. The van der Waals surface area contributed by atoms with Crippen LogP contribution in [0.4, 0.5) is 10.3 Å². The number of benzene rings is 1. The van der Waals surface area contributed by atoms with Crippen molar-refractivity contribution in [2.24, 2.45) is 0 Å². The van der Waals surface area contributed by atoms with Crippen molar-refractivity contribution in [3.8, 4) is 22.4 Å². The number of rotatable bonds is 2. The van der Waals surface area contributed by atoms with Gasteiger partial charge in [0, 0.05) is 29.1 Å². The zero-order chi connectivity index (χ0) is 16.7. The van der Waals surface area contributed by atoms with Gasteiger partial charge in [-0.1, -0.05) is 17.7 Å². The normalized spacial score (nSPS) is 11.1. The summed E-state index contributed by atoms with van der Waals surface area (Å²) in [6.07, 6.45) is 3.51. The zero-order valence-corrected chi connectivity index (χ0v) is 13.1. The second-order valence-corrected chi connectivity index (χ2v) is 5.63. The minimum atomic E-state index is -0.461. The number of aromatic nitrogens is 4. The molecule has 4 rings (SSSR count). The van der Waals surface area contributed by atoms with Crippen LogP contribution in [-0.2, 0) is 0 Å². The Labute approximate surface area is 141 Å². The van der Waals surface area contributed by atoms with Gasteiger partial charge in [-0.05, 0) is 36.4 Å². The standard InChI is InChI=1S/C17H11ClFN5/c18-13-8-10(3-5-14(13)19)16-12(2-1-7-21-16)11-4-6-15-22-17(20)23-24(15)9-11/h1-9H,(H2,20,23). The van der Waals surface area contributed by atoms with Gasteiger partial charge in [-0.15, -0.1) is 5.10 Å². The number of anilines is 1. The van der Waals surface area contributed by atoms with Crippen LogP contribution >= 0.6 is 11.6 Å². The second kappa shape index (κ2) is 5.58. The first-order chi connectivity index (χ1) is 11.6. The number of nitrogens with two attached hydrogens (primary N) is 1. The predicted molar refractivity (Wildman–Crippen MR) is 91.0 cm³/mol. The molecular weight excluding hydrogens is 329 g/mol. The highest BCUT2D eigenvalue weighted by molar-refractivity contribution is 6.31. The molecule has 0 atom stereocenters. The SMILES string of the molecule is Nc1nc2ccc(-c3cccnc3-c3ccc(F)c(Cl)c3)cn2n1. The number of nitrogens with zero attached hydrogens (tertiary/aromatic N) is 4. The van der Waals surface area contributed by atoms with E-state index in [0.717, 1.165) is 16.7 Å². The van der Waals surface area contributed by atoms with Crippen molar-refractivity contribution in [1.82, 2.24) is 19.6 Å². The molecule has 3 heterocycles. The molecule has 0 amide bonds. The molecule has 3 aromatic heterocycles. The molecule has 2 N–H and O–H groups in total. The van der Waals surface area contributed by atoms with Crippen LogP contribution in [0, 0.1) is 5.82 Å². The van der Waals surface area contributed by atoms with Crippen LogP contribution in [0.1, 0.15) is 0 Å². The topological polar surface area (TPSA) is 69.1 Å². The third-order valence-electron chi connectivity index (χ3n) is 3.66. The largest absolute Gasteiger partial charge is 0.366 e. The summed E-state index contributed by atoms with van der Waals surface area (Å²) in [5.74, 6) is -0.249. The van der Waals surface area contributed by atoms with Crippen LogP contribution in [0.15, 0.2) is 54.9 Å². The summed E-state index contributed by atoms with van der Waals surface area (Å²) in [6.45, 7) is 0. The average molecular weight is 340 g/mol. The predicted octanol–water partition coefficient (Wildman–Crippen LogP) is 3.83. The Balaban J connectivity index is 1.89. The molecule has 0 saturated carbocycles. The van der Waals surface area contributed by atoms with Gasteiger partial charge in [-0.25, -0.2) is 8.91 Å². The van der Waals surface area contributed by atoms with Gasteiger partial charge >= 0.3 is 0 Å². The third-order valence-corrected chi connectivity index (χ3v) is 3.95. The van der Waals surface area contributed by atoms with Gasteiger partial charge in [0.2, 0.25) is 5.95 Å². The third kappa shape index (κ3) is 2.47. The number of halogens is 2. The van der Waals surface area contributed by atoms with E-state index in [1.165, 1.54) is 6.07 Å². The van der Waals surface area contributed by atoms with Gasteiger partial charge in [0.1, 0.15) is 5.82 Å². The van der Waals surface area contributed by atoms with Crippen molar-refractivity contribution >= 4 is 23.2 Å². The van der Waals surface area contributed by atoms with Crippen LogP contribution in [0.2, 0.25) is 5.02 Å². The fourth-order valence-corrected chi connectivity index (χ4v) is 2.75. The average Bonchev–Trinajstić information content (AvgIpc) is 2.96. The summed E-state index contributed by atoms with van der Waals surface area (Å²) in [7, 11) is 0. The van der Waals surface area contributed by atoms with Crippen LogP contribution in [0.25, 0.3) is 28.0 Å². The Morgan fingerprint density at radius 2 is 1.92 bits per heavy atom. The lowest BCUT2D eigenvalue weighted by Crippen LogP contribution is -1.93. The Hall–Kier alpha value is -2.99. The van der Waals surface area contributed by atoms with E-state index in [1.54, 1.807) is 22.8 Å². The maximum atomic E-state index is 13.4. The van der Waals surface area contributed by atoms with Crippen LogP contribution in [-0.4, -0.2) is 19.6 Å². The molecule has 24 heavy (non-hydrogen) atoms. The number of nitrogen functional groups attached to an aromatic ring is 1. The highest BCUT2D eigenvalue weighted by Crippen LogP contribution is 2.32. The molecule has 4 aromatic rings. The first-order valence-electron chi connectivity index (χ1n) is 7.14. The van der Waals surface area contributed by atoms with Gasteiger partial charge in [0.05, 0.1) is 10.7 Å². The van der Waals surface area contributed by atoms with Crippen molar-refractivity contribution in [2.45, 2.75) is 0 Å². The molecular formula is C17H11ClFN5. The molecule has 0 aliphatic heterocycles. The summed E-state index contributed by atoms with van der Waals surface area (Å²) < 4.78 is 15.0. The van der Waals surface area contributed by atoms with Crippen molar-refractivity contribution in [1.29, 1.82) is 0 Å². The Morgan fingerprint density at radius 1 is 1.08 bits per heavy atom. The molecule has 0 fully saturated rings. The van der Waals surface area contributed by atoms with E-state index in [0.29, 0.717) is 11.3 Å². The summed E-state index contributed by atoms with van der Waals surface area (Å²) >= 11 is 5.90. The number of pyridine rings is 2. The van der Waals surface area contributed by atoms with E-state index < -0.39 is 5.82 Å². The van der Waals surface area contributed by atoms with E-state index in [9.17, 15) is 4.39 Å². The number of hydrogen-bond donors (Lipinski definition) is 1. The van der Waals surface area contributed by atoms with Crippen LogP contribution in [0.3, 0.4) is 0 Å². The van der Waals surface area contributed by atoms with Crippen molar-refractivity contribution < 1.29 is 4.39 Å². The minimum Gasteiger partial charge on any atom is -0.366 e. The van der Waals surface area contributed by atoms with Crippen LogP contribution in [0.5, 0.6) is 0 Å². The fraction of sp³-hybridized carbons (Fsp3) is 0. The molecule has 5 nitrogen and oxygen atoms in total. The Bertz CT molecular complexity index is 1060. The highest BCUT2D eigenvalue weighted by atomic mass is 35.5. The zero-order valence-electron chi connectivity index (χ0n) is 12.3. The maximum absolute atomic E-state index is 13.4. The minimum absolute atomic E-state index is 0.0589. The Kier molecular flexibility index (Phi) is 3.39. The molecule has 118 valence electrons. The van der Waals surface area contributed by atoms with Gasteiger partial charge in [-0.2, -0.15) is 4.98 Å². The Morgan fingerprint density at radius 3 is 2.75 bits per heavy atom. The second-order valence-electron chi connectivity index (χ2n) is 5.22. The summed E-state index contributed by atoms with van der Waals surface area (Å²) in [5, 5.41) is 4.18. The molecule has 0 spiro atoms. The first-order valence-corrected chi connectivity index (χ1v) is 7.52. The maximum Gasteiger partial charge on any atom is 0.240 e. The summed E-state index contributed by atoms with van der Waals surface area (Å²) in [6, 6.07) is 12.1. The summed E-state index contributed by atoms with van der Waals surface area (Å²) in [5.41, 5.74) is 9.47. The van der Waals surface area contributed by atoms with Gasteiger partial charge in [0.15, 0.2) is 5.65 Å². The molecule has 0 saturated heterocycles. The van der Waals surface area contributed by atoms with E-state index in [4.69, 9.17) is 17.3 Å². The first kappa shape index (κ1) is 14.6. The van der Waals surface area contributed by atoms with Gasteiger partial charge in [-0.3, -0.25) is 4.98 Å². The van der Waals surface area contributed by atoms with E-state index in [-0.39, 0.29) is 11.0 Å². The van der Waals surface area contributed by atoms with Crippen molar-refractivity contribution in [3.05, 3.63) is 65.7 Å². The lowest BCUT2D eigenvalue weighted by molar-refractivity contribution is 0.628. The van der Waals surface area contributed by atoms with Crippen molar-refractivity contribution in [2.75, 3.05) is 5.73 Å². The molecule has 0 unspecified atom stereocenters. The fourth-order valence-electron chi connectivity index (χ4n) is 2.57. The van der Waals surface area contributed by atoms with Gasteiger partial charge < -0.3 is 5.73 Å². The van der Waals surface area contributed by atoms with E-state index in [2.05, 4.69) is 15.1 Å². The molecule has 0 aliphatic rings. The highest BCUT2D eigenvalue weighted by Gasteiger charge is 2.12. The number of hydrogen-bond acceptors (Lipinski definition) is 4. The summed E-state index contributed by atoms with van der Waals surface area (Å²) in [4.78, 5) is 8.54. The van der Waals surface area contributed by atoms with E-state index >= 15 is 0 Å². The molecule has 1 aromatic carbocycles. The van der Waals surface area contributed by atoms with E-state index in [1.807, 2.05) is 30.5 Å². The molecule has 0 aliphatic carbocycles. The lowest BCUT2D eigenvalue weighted by Gasteiger charge is -2.09. The van der Waals surface area contributed by atoms with Crippen molar-refractivity contribution in [3.63, 3.8) is 0 Å². The van der Waals surface area contributed by atoms with Gasteiger partial charge in [0.25, 0.3) is 0 Å². The smallest absolute Gasteiger partial charge is 0.240 e.